The second-order valence-electron chi connectivity index (χ2n) is 7.71. The Morgan fingerprint density at radius 2 is 1.77 bits per heavy atom. The van der Waals surface area contributed by atoms with Gasteiger partial charge in [0.25, 0.3) is 0 Å². The zero-order valence-electron chi connectivity index (χ0n) is 14.9. The summed E-state index contributed by atoms with van der Waals surface area (Å²) in [4.78, 5) is 8.57. The monoisotopic (exact) mass is 448 g/mol. The van der Waals surface area contributed by atoms with Gasteiger partial charge in [-0.2, -0.15) is 0 Å². The third-order valence-electron chi connectivity index (χ3n) is 5.12. The van der Waals surface area contributed by atoms with E-state index < -0.39 is 5.60 Å². The van der Waals surface area contributed by atoms with E-state index in [-0.39, 0.29) is 23.1 Å². The van der Waals surface area contributed by atoms with Crippen molar-refractivity contribution in [1.29, 1.82) is 0 Å². The maximum atomic E-state index is 10.9. The van der Waals surface area contributed by atoms with Crippen LogP contribution < -0.4 is 21.7 Å². The Balaban J connectivity index is 0.000000349. The van der Waals surface area contributed by atoms with Crippen LogP contribution in [0.15, 0.2) is 18.5 Å². The molecule has 4 nitrogen and oxygen atoms in total. The molecule has 1 atom stereocenters. The van der Waals surface area contributed by atoms with Crippen molar-refractivity contribution >= 4 is 44.1 Å². The molecule has 1 unspecified atom stereocenters. The molecule has 3 aliphatic rings. The number of pyridine rings is 2. The molecule has 3 aliphatic carbocycles. The van der Waals surface area contributed by atoms with Crippen LogP contribution in [-0.4, -0.2) is 42.9 Å². The maximum absolute atomic E-state index is 10.9. The molecule has 0 spiro atoms. The Kier molecular flexibility index (Phi) is 6.39. The van der Waals surface area contributed by atoms with Gasteiger partial charge in [-0.3, -0.25) is 0 Å². The molecule has 5 rings (SSSR count). The van der Waals surface area contributed by atoms with Gasteiger partial charge in [0.2, 0.25) is 5.88 Å². The number of halogens is 2. The van der Waals surface area contributed by atoms with Gasteiger partial charge in [-0.25, -0.2) is 9.97 Å². The SMILES string of the molecule is CC(O)(c1cnc(OC2CC2)c2cnc(Cl)cc12)C1CC1.[Br-].[Mg+][CH]1CC1. The molecule has 2 aromatic rings. The first-order valence-electron chi connectivity index (χ1n) is 9.12. The van der Waals surface area contributed by atoms with Crippen molar-refractivity contribution in [2.24, 2.45) is 5.92 Å². The summed E-state index contributed by atoms with van der Waals surface area (Å²) in [5.41, 5.74) is -0.0685. The van der Waals surface area contributed by atoms with Gasteiger partial charge in [-0.15, -0.1) is 0 Å². The fraction of sp³-hybridized carbons (Fsp3) is 0.579. The van der Waals surface area contributed by atoms with E-state index in [0.29, 0.717) is 17.0 Å². The molecule has 0 amide bonds. The van der Waals surface area contributed by atoms with E-state index in [1.165, 1.54) is 12.8 Å². The molecule has 0 radical (unpaired) electrons. The van der Waals surface area contributed by atoms with Crippen molar-refractivity contribution in [3.8, 4) is 5.88 Å². The van der Waals surface area contributed by atoms with Gasteiger partial charge in [-0.05, 0) is 50.0 Å². The minimum absolute atomic E-state index is 0. The van der Waals surface area contributed by atoms with Gasteiger partial charge in [0, 0.05) is 18.0 Å². The summed E-state index contributed by atoms with van der Waals surface area (Å²) in [6.45, 7) is 1.86. The van der Waals surface area contributed by atoms with E-state index in [9.17, 15) is 5.11 Å². The van der Waals surface area contributed by atoms with Crippen molar-refractivity contribution in [3.05, 3.63) is 29.2 Å². The predicted molar refractivity (Wildman–Crippen MR) is 99.2 cm³/mol. The molecule has 1 N–H and O–H groups in total. The second-order valence-corrected chi connectivity index (χ2v) is 9.25. The molecule has 26 heavy (non-hydrogen) atoms. The van der Waals surface area contributed by atoms with Crippen molar-refractivity contribution < 1.29 is 26.8 Å². The number of hydrogen-bond donors (Lipinski definition) is 1. The first-order chi connectivity index (χ1) is 11.9. The third kappa shape index (κ3) is 4.82. The number of nitrogens with zero attached hydrogens (tertiary/aromatic N) is 2. The summed E-state index contributed by atoms with van der Waals surface area (Å²) in [6.07, 6.45) is 10.9. The summed E-state index contributed by atoms with van der Waals surface area (Å²) in [7, 11) is 0. The van der Waals surface area contributed by atoms with Crippen LogP contribution in [0.4, 0.5) is 0 Å². The summed E-state index contributed by atoms with van der Waals surface area (Å²) in [5, 5.41) is 13.0. The summed E-state index contributed by atoms with van der Waals surface area (Å²) in [6, 6.07) is 1.80. The van der Waals surface area contributed by atoms with Crippen LogP contribution in [-0.2, 0) is 5.60 Å². The van der Waals surface area contributed by atoms with Crippen LogP contribution in [0.5, 0.6) is 5.88 Å². The van der Waals surface area contributed by atoms with Gasteiger partial charge in [0.15, 0.2) is 0 Å². The topological polar surface area (TPSA) is 55.2 Å². The molecule has 0 saturated heterocycles. The van der Waals surface area contributed by atoms with Gasteiger partial charge in [0.1, 0.15) is 11.3 Å². The average Bonchev–Trinajstić information content (AvgIpc) is 3.42. The zero-order valence-corrected chi connectivity index (χ0v) is 18.7. The fourth-order valence-electron chi connectivity index (χ4n) is 2.91. The van der Waals surface area contributed by atoms with Gasteiger partial charge in [-0.1, -0.05) is 11.6 Å². The van der Waals surface area contributed by atoms with E-state index in [4.69, 9.17) is 16.3 Å². The molecule has 3 fully saturated rings. The Morgan fingerprint density at radius 3 is 2.31 bits per heavy atom. The van der Waals surface area contributed by atoms with Crippen LogP contribution >= 0.6 is 11.6 Å². The Morgan fingerprint density at radius 1 is 1.12 bits per heavy atom. The Hall–Kier alpha value is -0.144. The molecule has 2 heterocycles. The van der Waals surface area contributed by atoms with Crippen molar-refractivity contribution in [2.75, 3.05) is 0 Å². The number of hydrogen-bond acceptors (Lipinski definition) is 4. The molecule has 0 bridgehead atoms. The average molecular weight is 450 g/mol. The van der Waals surface area contributed by atoms with Gasteiger partial charge in [0.05, 0.1) is 11.0 Å². The first-order valence-corrected chi connectivity index (χ1v) is 10.3. The molecule has 0 aromatic carbocycles. The van der Waals surface area contributed by atoms with Crippen molar-refractivity contribution in [2.45, 2.75) is 61.2 Å². The standard InChI is InChI=1S/C16H17ClN2O2.C3H5.BrH.Mg/c1-16(20,9-2-3-9)13-8-19-15(21-10-4-5-10)12-7-18-14(17)6-11(12)13;1-2-3-1;;/h6-10,20H,2-5H2,1H3;1H,2-3H2;1H;/q;;;+1/p-1. The zero-order chi connectivity index (χ0) is 17.6. The minimum atomic E-state index is -0.881. The third-order valence-corrected chi connectivity index (χ3v) is 6.14. The van der Waals surface area contributed by atoms with E-state index in [1.54, 1.807) is 18.5 Å². The normalized spacial score (nSPS) is 21.3. The van der Waals surface area contributed by atoms with Crippen LogP contribution in [0.3, 0.4) is 0 Å². The molecule has 3 saturated carbocycles. The summed E-state index contributed by atoms with van der Waals surface area (Å²) < 4.78 is 6.96. The number of rotatable bonds is 4. The number of ether oxygens (including phenoxy) is 1. The van der Waals surface area contributed by atoms with E-state index in [1.807, 2.05) is 6.92 Å². The quantitative estimate of drug-likeness (QED) is 0.562. The molecular formula is C19H22BrClMgN2O2. The van der Waals surface area contributed by atoms with Crippen molar-refractivity contribution in [1.82, 2.24) is 9.97 Å². The van der Waals surface area contributed by atoms with Crippen LogP contribution in [0.25, 0.3) is 10.8 Å². The number of aromatic nitrogens is 2. The molecular weight excluding hydrogens is 428 g/mol. The molecule has 2 aromatic heterocycles. The Bertz CT molecular complexity index is 792. The molecule has 0 aliphatic heterocycles. The second kappa shape index (κ2) is 8.07. The summed E-state index contributed by atoms with van der Waals surface area (Å²) in [5.74, 6) is 0.886. The van der Waals surface area contributed by atoms with Crippen molar-refractivity contribution in [3.63, 3.8) is 0 Å². The van der Waals surface area contributed by atoms with Crippen LogP contribution in [0, 0.1) is 5.92 Å². The first kappa shape index (κ1) is 20.6. The van der Waals surface area contributed by atoms with E-state index >= 15 is 0 Å². The Labute approximate surface area is 182 Å². The van der Waals surface area contributed by atoms with E-state index in [2.05, 4.69) is 31.7 Å². The summed E-state index contributed by atoms with van der Waals surface area (Å²) >= 11 is 8.17. The number of fused-ring (bicyclic) bond motifs is 1. The van der Waals surface area contributed by atoms with Crippen LogP contribution in [0.1, 0.15) is 51.0 Å². The predicted octanol–water partition coefficient (Wildman–Crippen LogP) is 1.18. The van der Waals surface area contributed by atoms with Gasteiger partial charge < -0.3 is 26.8 Å². The fourth-order valence-corrected chi connectivity index (χ4v) is 3.30. The van der Waals surface area contributed by atoms with Crippen LogP contribution in [0.2, 0.25) is 9.20 Å². The van der Waals surface area contributed by atoms with E-state index in [0.717, 1.165) is 46.1 Å². The number of aliphatic hydroxyl groups is 1. The molecule has 7 heteroatoms. The molecule has 136 valence electrons. The van der Waals surface area contributed by atoms with Gasteiger partial charge >= 0.3 is 38.6 Å².